The molecule has 26 heavy (non-hydrogen) atoms. The molecule has 3 aromatic rings. The minimum absolute atomic E-state index is 0.227. The van der Waals surface area contributed by atoms with Gasteiger partial charge in [0, 0.05) is 3.57 Å². The van der Waals surface area contributed by atoms with Crippen molar-refractivity contribution in [1.82, 2.24) is 5.32 Å². The first-order chi connectivity index (χ1) is 12.5. The van der Waals surface area contributed by atoms with Crippen LogP contribution in [0.15, 0.2) is 59.1 Å². The van der Waals surface area contributed by atoms with Gasteiger partial charge in [-0.05, 0) is 79.7 Å². The highest BCUT2D eigenvalue weighted by atomic mass is 127. The van der Waals surface area contributed by atoms with Crippen molar-refractivity contribution in [3.8, 4) is 5.75 Å². The van der Waals surface area contributed by atoms with Crippen molar-refractivity contribution < 1.29 is 9.53 Å². The summed E-state index contributed by atoms with van der Waals surface area (Å²) in [5.74, 6) is 0.134. The number of nitrogens with one attached hydrogen (secondary N) is 2. The summed E-state index contributed by atoms with van der Waals surface area (Å²) in [6.07, 6.45) is 0. The highest BCUT2D eigenvalue weighted by Gasteiger charge is 2.19. The van der Waals surface area contributed by atoms with E-state index in [1.807, 2.05) is 48.5 Å². The Bertz CT molecular complexity index is 1010. The summed E-state index contributed by atoms with van der Waals surface area (Å²) in [5, 5.41) is 7.89. The molecule has 3 rings (SSSR count). The molecule has 0 saturated heterocycles. The first kappa shape index (κ1) is 19.1. The number of methoxy groups -OCH3 is 1. The topological polar surface area (TPSA) is 50.4 Å². The molecule has 0 aromatic heterocycles. The first-order valence-electron chi connectivity index (χ1n) is 7.63. The zero-order valence-electron chi connectivity index (χ0n) is 13.7. The van der Waals surface area contributed by atoms with E-state index >= 15 is 0 Å². The molecule has 2 N–H and O–H groups in total. The lowest BCUT2D eigenvalue weighted by Gasteiger charge is -2.15. The third kappa shape index (κ3) is 3.99. The summed E-state index contributed by atoms with van der Waals surface area (Å²) < 4.78 is 7.19. The SMILES string of the molecule is COc1c(C(=O)NC(=S)Nc2ccccc2I)cc2ccccc2c1Br. The molecule has 1 amide bonds. The van der Waals surface area contributed by atoms with E-state index in [1.165, 1.54) is 7.11 Å². The van der Waals surface area contributed by atoms with Gasteiger partial charge in [-0.25, -0.2) is 0 Å². The standard InChI is InChI=1S/C19H14BrIN2O2S/c1-25-17-13(10-11-6-2-3-7-12(11)16(17)20)18(24)23-19(26)22-15-9-5-4-8-14(15)21/h2-10H,1H3,(H2,22,23,24,26). The number of carbonyl (C=O) groups is 1. The van der Waals surface area contributed by atoms with Gasteiger partial charge in [0.2, 0.25) is 0 Å². The van der Waals surface area contributed by atoms with Crippen LogP contribution in [0.2, 0.25) is 0 Å². The predicted molar refractivity (Wildman–Crippen MR) is 121 cm³/mol. The van der Waals surface area contributed by atoms with Gasteiger partial charge in [-0.3, -0.25) is 10.1 Å². The molecule has 0 atom stereocenters. The van der Waals surface area contributed by atoms with Gasteiger partial charge in [-0.2, -0.15) is 0 Å². The molecule has 0 spiro atoms. The summed E-state index contributed by atoms with van der Waals surface area (Å²) in [5.41, 5.74) is 1.25. The van der Waals surface area contributed by atoms with Gasteiger partial charge < -0.3 is 10.1 Å². The number of halogens is 2. The highest BCUT2D eigenvalue weighted by Crippen LogP contribution is 2.36. The maximum Gasteiger partial charge on any atom is 0.261 e. The summed E-state index contributed by atoms with van der Waals surface area (Å²) in [4.78, 5) is 12.8. The normalized spacial score (nSPS) is 10.4. The number of ether oxygens (including phenoxy) is 1. The monoisotopic (exact) mass is 540 g/mol. The summed E-state index contributed by atoms with van der Waals surface area (Å²) >= 11 is 11.0. The third-order valence-electron chi connectivity index (χ3n) is 3.74. The van der Waals surface area contributed by atoms with Crippen LogP contribution in [0.4, 0.5) is 5.69 Å². The number of hydrogen-bond acceptors (Lipinski definition) is 3. The van der Waals surface area contributed by atoms with Crippen LogP contribution in [-0.4, -0.2) is 18.1 Å². The predicted octanol–water partition coefficient (Wildman–Crippen LogP) is 5.34. The average molecular weight is 541 g/mol. The second-order valence-corrected chi connectivity index (χ2v) is 7.74. The van der Waals surface area contributed by atoms with Crippen LogP contribution in [0.5, 0.6) is 5.75 Å². The number of carbonyl (C=O) groups excluding carboxylic acids is 1. The number of para-hydroxylation sites is 1. The van der Waals surface area contributed by atoms with Crippen LogP contribution in [0.1, 0.15) is 10.4 Å². The van der Waals surface area contributed by atoms with E-state index in [1.54, 1.807) is 6.07 Å². The lowest BCUT2D eigenvalue weighted by molar-refractivity contribution is 0.0975. The lowest BCUT2D eigenvalue weighted by Crippen LogP contribution is -2.34. The minimum Gasteiger partial charge on any atom is -0.495 e. The van der Waals surface area contributed by atoms with Crippen molar-refractivity contribution in [3.05, 3.63) is 68.2 Å². The first-order valence-corrected chi connectivity index (χ1v) is 9.91. The Hall–Kier alpha value is -1.71. The Morgan fingerprint density at radius 3 is 2.58 bits per heavy atom. The smallest absolute Gasteiger partial charge is 0.261 e. The van der Waals surface area contributed by atoms with E-state index in [2.05, 4.69) is 49.2 Å². The van der Waals surface area contributed by atoms with Crippen molar-refractivity contribution in [1.29, 1.82) is 0 Å². The number of anilines is 1. The Morgan fingerprint density at radius 1 is 1.15 bits per heavy atom. The number of benzene rings is 3. The zero-order chi connectivity index (χ0) is 18.7. The molecule has 7 heteroatoms. The fourth-order valence-corrected chi connectivity index (χ4v) is 4.00. The Kier molecular flexibility index (Phi) is 6.10. The van der Waals surface area contributed by atoms with Crippen LogP contribution >= 0.6 is 50.7 Å². The maximum atomic E-state index is 12.8. The molecule has 0 heterocycles. The molecule has 0 bridgehead atoms. The molecule has 3 aromatic carbocycles. The van der Waals surface area contributed by atoms with Gasteiger partial charge in [-0.1, -0.05) is 36.4 Å². The lowest BCUT2D eigenvalue weighted by atomic mass is 10.1. The van der Waals surface area contributed by atoms with E-state index < -0.39 is 0 Å². The molecule has 0 aliphatic heterocycles. The Labute approximate surface area is 178 Å². The molecule has 0 unspecified atom stereocenters. The fourth-order valence-electron chi connectivity index (χ4n) is 2.54. The quantitative estimate of drug-likeness (QED) is 0.348. The summed E-state index contributed by atoms with van der Waals surface area (Å²) in [7, 11) is 1.54. The Morgan fingerprint density at radius 2 is 1.85 bits per heavy atom. The zero-order valence-corrected chi connectivity index (χ0v) is 18.2. The van der Waals surface area contributed by atoms with Crippen LogP contribution < -0.4 is 15.4 Å². The molecular formula is C19H14BrIN2O2S. The summed E-state index contributed by atoms with van der Waals surface area (Å²) in [6, 6.07) is 17.3. The molecule has 0 aliphatic carbocycles. The van der Waals surface area contributed by atoms with Crippen molar-refractivity contribution in [2.75, 3.05) is 12.4 Å². The molecule has 132 valence electrons. The van der Waals surface area contributed by atoms with Crippen molar-refractivity contribution in [2.24, 2.45) is 0 Å². The minimum atomic E-state index is -0.336. The van der Waals surface area contributed by atoms with Gasteiger partial charge in [0.15, 0.2) is 5.11 Å². The number of thiocarbonyl (C=S) groups is 1. The van der Waals surface area contributed by atoms with Gasteiger partial charge in [0.1, 0.15) is 5.75 Å². The second-order valence-electron chi connectivity index (χ2n) is 5.38. The highest BCUT2D eigenvalue weighted by molar-refractivity contribution is 14.1. The second kappa shape index (κ2) is 8.32. The van der Waals surface area contributed by atoms with Crippen LogP contribution in [0.3, 0.4) is 0 Å². The fraction of sp³-hybridized carbons (Fsp3) is 0.0526. The number of fused-ring (bicyclic) bond motifs is 1. The average Bonchev–Trinajstić information content (AvgIpc) is 2.63. The van der Waals surface area contributed by atoms with Crippen LogP contribution in [-0.2, 0) is 0 Å². The number of amides is 1. The van der Waals surface area contributed by atoms with Crippen molar-refractivity contribution >= 4 is 78.2 Å². The van der Waals surface area contributed by atoms with E-state index in [9.17, 15) is 4.79 Å². The van der Waals surface area contributed by atoms with Crippen LogP contribution in [0.25, 0.3) is 10.8 Å². The van der Waals surface area contributed by atoms with Crippen LogP contribution in [0, 0.1) is 3.57 Å². The number of hydrogen-bond donors (Lipinski definition) is 2. The van der Waals surface area contributed by atoms with Gasteiger partial charge in [-0.15, -0.1) is 0 Å². The molecular weight excluding hydrogens is 527 g/mol. The molecule has 4 nitrogen and oxygen atoms in total. The van der Waals surface area contributed by atoms with E-state index in [0.29, 0.717) is 11.3 Å². The van der Waals surface area contributed by atoms with E-state index in [4.69, 9.17) is 17.0 Å². The Balaban J connectivity index is 1.88. The number of rotatable bonds is 3. The van der Waals surface area contributed by atoms with E-state index in [0.717, 1.165) is 24.5 Å². The van der Waals surface area contributed by atoms with Crippen molar-refractivity contribution in [3.63, 3.8) is 0 Å². The maximum absolute atomic E-state index is 12.8. The largest absolute Gasteiger partial charge is 0.495 e. The van der Waals surface area contributed by atoms with Gasteiger partial charge >= 0.3 is 0 Å². The molecule has 0 aliphatic rings. The van der Waals surface area contributed by atoms with Gasteiger partial charge in [0.25, 0.3) is 5.91 Å². The summed E-state index contributed by atoms with van der Waals surface area (Å²) in [6.45, 7) is 0. The van der Waals surface area contributed by atoms with Gasteiger partial charge in [0.05, 0.1) is 22.8 Å². The molecule has 0 radical (unpaired) electrons. The third-order valence-corrected chi connectivity index (χ3v) is 5.67. The molecule has 0 saturated carbocycles. The molecule has 0 fully saturated rings. The van der Waals surface area contributed by atoms with Crippen molar-refractivity contribution in [2.45, 2.75) is 0 Å². The van der Waals surface area contributed by atoms with E-state index in [-0.39, 0.29) is 11.0 Å².